The Morgan fingerprint density at radius 3 is 2.33 bits per heavy atom. The first kappa shape index (κ1) is 23.4. The Bertz CT molecular complexity index is 845. The van der Waals surface area contributed by atoms with E-state index in [1.165, 1.54) is 0 Å². The van der Waals surface area contributed by atoms with Crippen LogP contribution in [0.25, 0.3) is 0 Å². The number of aryl methyl sites for hydroxylation is 2. The highest BCUT2D eigenvalue weighted by molar-refractivity contribution is 5.96. The Morgan fingerprint density at radius 2 is 1.70 bits per heavy atom. The average Bonchev–Trinajstić information content (AvgIpc) is 2.74. The second-order valence-electron chi connectivity index (χ2n) is 7.38. The fourth-order valence-corrected chi connectivity index (χ4v) is 3.00. The molecule has 6 heteroatoms. The number of likely N-dealkylation sites (N-methyl/N-ethyl adjacent to an activating group) is 1. The zero-order chi connectivity index (χ0) is 22.1. The molecule has 0 heterocycles. The normalized spacial score (nSPS) is 11.8. The lowest BCUT2D eigenvalue weighted by molar-refractivity contribution is -0.122. The van der Waals surface area contributed by atoms with Crippen LogP contribution in [0.1, 0.15) is 42.3 Å². The van der Waals surface area contributed by atoms with E-state index in [4.69, 9.17) is 4.74 Å². The third kappa shape index (κ3) is 6.88. The van der Waals surface area contributed by atoms with Gasteiger partial charge in [0.05, 0.1) is 0 Å². The minimum absolute atomic E-state index is 0.119. The summed E-state index contributed by atoms with van der Waals surface area (Å²) in [6.07, 6.45) is -0.645. The Labute approximate surface area is 179 Å². The number of anilines is 1. The van der Waals surface area contributed by atoms with Crippen LogP contribution in [-0.4, -0.2) is 49.0 Å². The van der Waals surface area contributed by atoms with Crippen molar-refractivity contribution in [2.24, 2.45) is 0 Å². The molecule has 0 aliphatic heterocycles. The molecule has 30 heavy (non-hydrogen) atoms. The monoisotopic (exact) mass is 411 g/mol. The molecule has 0 saturated heterocycles. The maximum Gasteiger partial charge on any atom is 0.265 e. The molecular formula is C24H33N3O3. The molecule has 2 aromatic carbocycles. The minimum Gasteiger partial charge on any atom is -0.481 e. The molecule has 2 N–H and O–H groups in total. The number of carbonyl (C=O) groups is 2. The highest BCUT2D eigenvalue weighted by Gasteiger charge is 2.16. The zero-order valence-corrected chi connectivity index (χ0v) is 18.6. The lowest BCUT2D eigenvalue weighted by atomic mass is 10.1. The van der Waals surface area contributed by atoms with Gasteiger partial charge in [0.15, 0.2) is 6.10 Å². The predicted octanol–water partition coefficient (Wildman–Crippen LogP) is 3.78. The molecule has 162 valence electrons. The van der Waals surface area contributed by atoms with E-state index in [9.17, 15) is 9.59 Å². The van der Waals surface area contributed by atoms with Crippen LogP contribution in [0.4, 0.5) is 5.69 Å². The van der Waals surface area contributed by atoms with Gasteiger partial charge in [-0.15, -0.1) is 0 Å². The van der Waals surface area contributed by atoms with Crippen molar-refractivity contribution in [3.05, 3.63) is 59.2 Å². The summed E-state index contributed by atoms with van der Waals surface area (Å²) in [5, 5.41) is 5.76. The third-order valence-corrected chi connectivity index (χ3v) is 5.04. The van der Waals surface area contributed by atoms with E-state index < -0.39 is 6.10 Å². The topological polar surface area (TPSA) is 70.7 Å². The largest absolute Gasteiger partial charge is 0.481 e. The summed E-state index contributed by atoms with van der Waals surface area (Å²) >= 11 is 0. The van der Waals surface area contributed by atoms with Gasteiger partial charge in [0.1, 0.15) is 5.75 Å². The molecule has 0 aliphatic rings. The minimum atomic E-state index is -0.645. The molecule has 1 unspecified atom stereocenters. The summed E-state index contributed by atoms with van der Waals surface area (Å²) in [4.78, 5) is 27.0. The maximum atomic E-state index is 12.5. The van der Waals surface area contributed by atoms with E-state index in [2.05, 4.69) is 29.4 Å². The van der Waals surface area contributed by atoms with Crippen LogP contribution in [0.2, 0.25) is 0 Å². The van der Waals surface area contributed by atoms with Gasteiger partial charge >= 0.3 is 0 Å². The van der Waals surface area contributed by atoms with Gasteiger partial charge in [0, 0.05) is 24.3 Å². The molecule has 2 amide bonds. The number of carbonyl (C=O) groups excluding carboxylic acids is 2. The van der Waals surface area contributed by atoms with Crippen molar-refractivity contribution in [1.82, 2.24) is 10.2 Å². The highest BCUT2D eigenvalue weighted by atomic mass is 16.5. The molecule has 0 aliphatic carbocycles. The van der Waals surface area contributed by atoms with E-state index in [1.807, 2.05) is 32.0 Å². The van der Waals surface area contributed by atoms with Crippen LogP contribution >= 0.6 is 0 Å². The molecule has 2 rings (SSSR count). The van der Waals surface area contributed by atoms with Crippen molar-refractivity contribution < 1.29 is 14.3 Å². The molecule has 6 nitrogen and oxygen atoms in total. The lowest BCUT2D eigenvalue weighted by Crippen LogP contribution is -2.34. The van der Waals surface area contributed by atoms with Crippen LogP contribution in [0, 0.1) is 13.8 Å². The molecule has 0 aromatic heterocycles. The first-order chi connectivity index (χ1) is 14.3. The SMILES string of the molecule is CCN(CC)CCNC(=O)c1ccc(NC(=O)C(C)Oc2cc(C)ccc2C)cc1. The van der Waals surface area contributed by atoms with Gasteiger partial charge in [-0.3, -0.25) is 9.59 Å². The van der Waals surface area contributed by atoms with E-state index in [1.54, 1.807) is 31.2 Å². The molecule has 0 radical (unpaired) electrons. The van der Waals surface area contributed by atoms with Gasteiger partial charge in [-0.05, 0) is 75.3 Å². The number of hydrogen-bond acceptors (Lipinski definition) is 4. The summed E-state index contributed by atoms with van der Waals surface area (Å²) in [7, 11) is 0. The van der Waals surface area contributed by atoms with E-state index in [-0.39, 0.29) is 11.8 Å². The maximum absolute atomic E-state index is 12.5. The number of amides is 2. The Kier molecular flexibility index (Phi) is 8.87. The Morgan fingerprint density at radius 1 is 1.03 bits per heavy atom. The quantitative estimate of drug-likeness (QED) is 0.624. The molecule has 1 atom stereocenters. The third-order valence-electron chi connectivity index (χ3n) is 5.04. The Balaban J connectivity index is 1.87. The first-order valence-corrected chi connectivity index (χ1v) is 10.5. The molecule has 0 saturated carbocycles. The molecule has 0 fully saturated rings. The van der Waals surface area contributed by atoms with Crippen LogP contribution in [0.15, 0.2) is 42.5 Å². The van der Waals surface area contributed by atoms with Gasteiger partial charge in [-0.25, -0.2) is 0 Å². The van der Waals surface area contributed by atoms with Crippen molar-refractivity contribution >= 4 is 17.5 Å². The van der Waals surface area contributed by atoms with Gasteiger partial charge in [0.25, 0.3) is 11.8 Å². The fourth-order valence-electron chi connectivity index (χ4n) is 3.00. The summed E-state index contributed by atoms with van der Waals surface area (Å²) in [6.45, 7) is 13.2. The van der Waals surface area contributed by atoms with Crippen molar-refractivity contribution in [2.75, 3.05) is 31.5 Å². The number of ether oxygens (including phenoxy) is 1. The Hall–Kier alpha value is -2.86. The summed E-state index contributed by atoms with van der Waals surface area (Å²) in [6, 6.07) is 12.8. The summed E-state index contributed by atoms with van der Waals surface area (Å²) in [5.74, 6) is 0.341. The lowest BCUT2D eigenvalue weighted by Gasteiger charge is -2.18. The summed E-state index contributed by atoms with van der Waals surface area (Å²) < 4.78 is 5.82. The molecule has 0 bridgehead atoms. The predicted molar refractivity (Wildman–Crippen MR) is 121 cm³/mol. The number of nitrogens with zero attached hydrogens (tertiary/aromatic N) is 1. The van der Waals surface area contributed by atoms with Gasteiger partial charge in [-0.2, -0.15) is 0 Å². The van der Waals surface area contributed by atoms with Crippen LogP contribution in [-0.2, 0) is 4.79 Å². The molecular weight excluding hydrogens is 378 g/mol. The summed E-state index contributed by atoms with van der Waals surface area (Å²) in [5.41, 5.74) is 3.24. The number of benzene rings is 2. The van der Waals surface area contributed by atoms with Gasteiger partial charge < -0.3 is 20.3 Å². The van der Waals surface area contributed by atoms with Gasteiger partial charge in [-0.1, -0.05) is 26.0 Å². The van der Waals surface area contributed by atoms with Crippen LogP contribution in [0.5, 0.6) is 5.75 Å². The smallest absolute Gasteiger partial charge is 0.265 e. The zero-order valence-electron chi connectivity index (χ0n) is 18.6. The highest BCUT2D eigenvalue weighted by Crippen LogP contribution is 2.21. The van der Waals surface area contributed by atoms with Crippen molar-refractivity contribution in [1.29, 1.82) is 0 Å². The standard InChI is InChI=1S/C24H33N3O3/c1-6-27(7-2)15-14-25-24(29)20-10-12-21(13-11-20)26-23(28)19(5)30-22-16-17(3)8-9-18(22)4/h8-13,16,19H,6-7,14-15H2,1-5H3,(H,25,29)(H,26,28). The second-order valence-corrected chi connectivity index (χ2v) is 7.38. The average molecular weight is 412 g/mol. The fraction of sp³-hybridized carbons (Fsp3) is 0.417. The van der Waals surface area contributed by atoms with Crippen LogP contribution in [0.3, 0.4) is 0 Å². The van der Waals surface area contributed by atoms with E-state index in [0.29, 0.717) is 23.5 Å². The van der Waals surface area contributed by atoms with Crippen molar-refractivity contribution in [2.45, 2.75) is 40.7 Å². The van der Waals surface area contributed by atoms with Crippen molar-refractivity contribution in [3.8, 4) is 5.75 Å². The van der Waals surface area contributed by atoms with E-state index in [0.717, 1.165) is 30.8 Å². The molecule has 2 aromatic rings. The van der Waals surface area contributed by atoms with Crippen molar-refractivity contribution in [3.63, 3.8) is 0 Å². The number of hydrogen-bond donors (Lipinski definition) is 2. The molecule has 0 spiro atoms. The number of nitrogens with one attached hydrogen (secondary N) is 2. The van der Waals surface area contributed by atoms with E-state index >= 15 is 0 Å². The second kappa shape index (κ2) is 11.4. The first-order valence-electron chi connectivity index (χ1n) is 10.5. The number of rotatable bonds is 10. The van der Waals surface area contributed by atoms with Crippen LogP contribution < -0.4 is 15.4 Å². The van der Waals surface area contributed by atoms with Gasteiger partial charge in [0.2, 0.25) is 0 Å².